The predicted octanol–water partition coefficient (Wildman–Crippen LogP) is 0.492. The van der Waals surface area contributed by atoms with Crippen LogP contribution >= 0.6 is 0 Å². The van der Waals surface area contributed by atoms with Crippen LogP contribution in [-0.2, 0) is 16.0 Å². The van der Waals surface area contributed by atoms with Crippen molar-refractivity contribution in [2.45, 2.75) is 31.4 Å². The SMILES string of the molecule is CC#Cc1ccc(O)c2c1C[C@H]1C[C@H]3[C@H](N(C)C)C(O)=C(C(N)=O)C(=O)[C@@]3(O)C(O)=C1C2=O. The standard InChI is InChI=1S/C24H24N2O7/c1-4-5-10-6-7-14(27)16-12(10)8-11-9-13-18(26(2)3)20(29)17(23(25)32)22(31)24(13,33)21(30)15(11)19(16)28/h6-7,11,13,18,27,29-30,33H,8-9H2,1-3H3,(H2,25,32)/t11-,13-,18-,24-/m0/s1. The molecule has 0 aliphatic heterocycles. The quantitative estimate of drug-likeness (QED) is 0.320. The Morgan fingerprint density at radius 1 is 1.21 bits per heavy atom. The van der Waals surface area contributed by atoms with Gasteiger partial charge in [-0.25, -0.2) is 0 Å². The number of phenols is 1. The van der Waals surface area contributed by atoms with Crippen molar-refractivity contribution in [3.63, 3.8) is 0 Å². The fourth-order valence-electron chi connectivity index (χ4n) is 5.50. The number of aliphatic hydroxyl groups excluding tert-OH is 2. The van der Waals surface area contributed by atoms with E-state index in [1.807, 2.05) is 0 Å². The summed E-state index contributed by atoms with van der Waals surface area (Å²) >= 11 is 0. The highest BCUT2D eigenvalue weighted by Crippen LogP contribution is 2.52. The molecule has 9 heteroatoms. The predicted molar refractivity (Wildman–Crippen MR) is 116 cm³/mol. The number of likely N-dealkylation sites (N-methyl/N-ethyl adjacent to an activating group) is 1. The summed E-state index contributed by atoms with van der Waals surface area (Å²) in [7, 11) is 3.17. The van der Waals surface area contributed by atoms with Crippen LogP contribution in [0.1, 0.15) is 34.8 Å². The lowest BCUT2D eigenvalue weighted by atomic mass is 9.58. The lowest BCUT2D eigenvalue weighted by Crippen LogP contribution is -2.63. The second-order valence-electron chi connectivity index (χ2n) is 8.82. The summed E-state index contributed by atoms with van der Waals surface area (Å²) in [6.45, 7) is 1.64. The highest BCUT2D eigenvalue weighted by Gasteiger charge is 2.63. The van der Waals surface area contributed by atoms with E-state index in [2.05, 4.69) is 11.8 Å². The fraction of sp³-hybridized carbons (Fsp3) is 0.375. The Bertz CT molecular complexity index is 1250. The first-order valence-corrected chi connectivity index (χ1v) is 10.4. The second-order valence-corrected chi connectivity index (χ2v) is 8.82. The first-order valence-electron chi connectivity index (χ1n) is 10.4. The van der Waals surface area contributed by atoms with Crippen LogP contribution in [0.25, 0.3) is 0 Å². The highest BCUT2D eigenvalue weighted by atomic mass is 16.3. The number of nitrogens with two attached hydrogens (primary N) is 1. The number of benzene rings is 1. The van der Waals surface area contributed by atoms with E-state index in [1.165, 1.54) is 11.0 Å². The van der Waals surface area contributed by atoms with Crippen LogP contribution in [0.5, 0.6) is 5.75 Å². The van der Waals surface area contributed by atoms with Gasteiger partial charge in [0, 0.05) is 17.1 Å². The Kier molecular flexibility index (Phi) is 5.11. The number of Topliss-reactive ketones (excluding diaryl/α,β-unsaturated/α-hetero) is 2. The maximum atomic E-state index is 13.4. The molecule has 4 atom stereocenters. The molecule has 0 saturated carbocycles. The average molecular weight is 452 g/mol. The third-order valence-electron chi connectivity index (χ3n) is 6.87. The van der Waals surface area contributed by atoms with Crippen molar-refractivity contribution in [1.29, 1.82) is 0 Å². The van der Waals surface area contributed by atoms with E-state index in [0.29, 0.717) is 11.1 Å². The lowest BCUT2D eigenvalue weighted by Gasteiger charge is -2.50. The van der Waals surface area contributed by atoms with E-state index >= 15 is 0 Å². The molecule has 0 unspecified atom stereocenters. The number of primary amides is 1. The van der Waals surface area contributed by atoms with Gasteiger partial charge >= 0.3 is 0 Å². The van der Waals surface area contributed by atoms with E-state index in [1.54, 1.807) is 27.1 Å². The van der Waals surface area contributed by atoms with Crippen LogP contribution in [0.3, 0.4) is 0 Å². The van der Waals surface area contributed by atoms with Crippen LogP contribution in [0.2, 0.25) is 0 Å². The highest BCUT2D eigenvalue weighted by molar-refractivity contribution is 6.24. The van der Waals surface area contributed by atoms with Crippen LogP contribution < -0.4 is 5.73 Å². The third kappa shape index (κ3) is 2.91. The summed E-state index contributed by atoms with van der Waals surface area (Å²) in [6, 6.07) is 1.91. The third-order valence-corrected chi connectivity index (χ3v) is 6.87. The fourth-order valence-corrected chi connectivity index (χ4v) is 5.50. The lowest BCUT2D eigenvalue weighted by molar-refractivity contribution is -0.148. The van der Waals surface area contributed by atoms with Crippen molar-refractivity contribution in [1.82, 2.24) is 4.90 Å². The van der Waals surface area contributed by atoms with Crippen molar-refractivity contribution in [3.8, 4) is 17.6 Å². The molecule has 0 fully saturated rings. The summed E-state index contributed by atoms with van der Waals surface area (Å²) < 4.78 is 0. The number of nitrogens with zero attached hydrogens (tertiary/aromatic N) is 1. The molecule has 1 aromatic rings. The van der Waals surface area contributed by atoms with Crippen molar-refractivity contribution in [2.75, 3.05) is 14.1 Å². The van der Waals surface area contributed by atoms with Crippen molar-refractivity contribution < 1.29 is 34.8 Å². The molecule has 6 N–H and O–H groups in total. The van der Waals surface area contributed by atoms with Gasteiger partial charge in [0.25, 0.3) is 5.91 Å². The summed E-state index contributed by atoms with van der Waals surface area (Å²) in [4.78, 5) is 40.1. The molecule has 0 radical (unpaired) electrons. The zero-order valence-electron chi connectivity index (χ0n) is 18.3. The molecule has 1 aromatic carbocycles. The maximum Gasteiger partial charge on any atom is 0.255 e. The molecule has 0 bridgehead atoms. The van der Waals surface area contributed by atoms with E-state index in [4.69, 9.17) is 5.73 Å². The molecule has 0 spiro atoms. The Morgan fingerprint density at radius 2 is 1.88 bits per heavy atom. The van der Waals surface area contributed by atoms with E-state index in [0.717, 1.165) is 0 Å². The summed E-state index contributed by atoms with van der Waals surface area (Å²) in [5, 5.41) is 43.8. The molecular weight excluding hydrogens is 428 g/mol. The van der Waals surface area contributed by atoms with Crippen molar-refractivity contribution in [2.24, 2.45) is 17.6 Å². The van der Waals surface area contributed by atoms with Crippen LogP contribution in [0.15, 0.2) is 34.8 Å². The minimum atomic E-state index is -2.64. The van der Waals surface area contributed by atoms with Crippen LogP contribution in [-0.4, -0.2) is 68.5 Å². The Morgan fingerprint density at radius 3 is 2.45 bits per heavy atom. The summed E-state index contributed by atoms with van der Waals surface area (Å²) in [6.07, 6.45) is 0.257. The molecule has 172 valence electrons. The number of carbonyl (C=O) groups is 3. The van der Waals surface area contributed by atoms with E-state index in [9.17, 15) is 34.8 Å². The first-order chi connectivity index (χ1) is 15.5. The zero-order valence-corrected chi connectivity index (χ0v) is 18.3. The van der Waals surface area contributed by atoms with Crippen LogP contribution in [0.4, 0.5) is 0 Å². The summed E-state index contributed by atoms with van der Waals surface area (Å²) in [5.41, 5.74) is 2.68. The molecule has 0 aromatic heterocycles. The molecule has 3 aliphatic carbocycles. The molecule has 3 aliphatic rings. The molecule has 0 saturated heterocycles. The van der Waals surface area contributed by atoms with Gasteiger partial charge in [-0.05, 0) is 57.5 Å². The summed E-state index contributed by atoms with van der Waals surface area (Å²) in [5.74, 6) is -1.00. The number of fused-ring (bicyclic) bond motifs is 3. The minimum Gasteiger partial charge on any atom is -0.510 e. The zero-order chi connectivity index (χ0) is 24.4. The number of aromatic hydroxyl groups is 1. The van der Waals surface area contributed by atoms with Gasteiger partial charge in [0.05, 0.1) is 11.6 Å². The number of aliphatic hydroxyl groups is 3. The van der Waals surface area contributed by atoms with Crippen molar-refractivity contribution >= 4 is 17.5 Å². The largest absolute Gasteiger partial charge is 0.510 e. The van der Waals surface area contributed by atoms with E-state index < -0.39 is 58.0 Å². The number of amides is 1. The number of allylic oxidation sites excluding steroid dienone is 1. The van der Waals surface area contributed by atoms with Gasteiger partial charge in [-0.3, -0.25) is 19.3 Å². The average Bonchev–Trinajstić information content (AvgIpc) is 2.72. The number of ketones is 2. The minimum absolute atomic E-state index is 0.0421. The molecule has 33 heavy (non-hydrogen) atoms. The second kappa shape index (κ2) is 7.47. The Hall–Kier alpha value is -3.61. The van der Waals surface area contributed by atoms with Gasteiger partial charge in [0.1, 0.15) is 22.8 Å². The molecular formula is C24H24N2O7. The number of hydrogen-bond donors (Lipinski definition) is 5. The Balaban J connectivity index is 1.98. The maximum absolute atomic E-state index is 13.4. The first kappa shape index (κ1) is 22.6. The topological polar surface area (TPSA) is 161 Å². The molecule has 4 rings (SSSR count). The normalized spacial score (nSPS) is 28.7. The molecule has 1 amide bonds. The number of rotatable bonds is 2. The van der Waals surface area contributed by atoms with Gasteiger partial charge in [0.15, 0.2) is 11.4 Å². The monoisotopic (exact) mass is 452 g/mol. The van der Waals surface area contributed by atoms with Gasteiger partial charge in [-0.1, -0.05) is 5.92 Å². The molecule has 9 nitrogen and oxygen atoms in total. The van der Waals surface area contributed by atoms with Gasteiger partial charge in [0.2, 0.25) is 5.78 Å². The number of hydrogen-bond acceptors (Lipinski definition) is 8. The van der Waals surface area contributed by atoms with Gasteiger partial charge < -0.3 is 26.2 Å². The number of carbonyl (C=O) groups excluding carboxylic acids is 3. The van der Waals surface area contributed by atoms with Gasteiger partial charge in [-0.15, -0.1) is 5.92 Å². The Labute approximate surface area is 189 Å². The van der Waals surface area contributed by atoms with Gasteiger partial charge in [-0.2, -0.15) is 0 Å². The molecule has 0 heterocycles. The smallest absolute Gasteiger partial charge is 0.255 e. The number of phenolic OH excluding ortho intramolecular Hbond substituents is 1. The van der Waals surface area contributed by atoms with E-state index in [-0.39, 0.29) is 29.7 Å². The van der Waals surface area contributed by atoms with Crippen LogP contribution in [0, 0.1) is 23.7 Å². The van der Waals surface area contributed by atoms with Crippen molar-refractivity contribution in [3.05, 3.63) is 51.5 Å².